The molecule has 2 unspecified atom stereocenters. The topological polar surface area (TPSA) is 80.0 Å². The number of benzene rings is 1. The van der Waals surface area contributed by atoms with Crippen molar-refractivity contribution in [1.82, 2.24) is 4.90 Å². The van der Waals surface area contributed by atoms with Crippen LogP contribution in [0.1, 0.15) is 55.2 Å². The summed E-state index contributed by atoms with van der Waals surface area (Å²) in [6, 6.07) is 3.78. The Morgan fingerprint density at radius 2 is 2.07 bits per heavy atom. The van der Waals surface area contributed by atoms with E-state index in [1.807, 2.05) is 24.0 Å². The van der Waals surface area contributed by atoms with Crippen molar-refractivity contribution in [1.29, 1.82) is 0 Å². The fourth-order valence-electron chi connectivity index (χ4n) is 5.65. The summed E-state index contributed by atoms with van der Waals surface area (Å²) in [4.78, 5) is 27.0. The van der Waals surface area contributed by atoms with E-state index >= 15 is 0 Å². The smallest absolute Gasteiger partial charge is 0.339 e. The van der Waals surface area contributed by atoms with Crippen LogP contribution in [0.4, 0.5) is 0 Å². The Labute approximate surface area is 175 Å². The van der Waals surface area contributed by atoms with Crippen molar-refractivity contribution in [3.05, 3.63) is 39.2 Å². The molecule has 160 valence electrons. The average Bonchev–Trinajstić information content (AvgIpc) is 3.21. The van der Waals surface area contributed by atoms with Gasteiger partial charge in [-0.15, -0.1) is 0 Å². The van der Waals surface area contributed by atoms with Gasteiger partial charge in [-0.05, 0) is 68.7 Å². The maximum atomic E-state index is 12.9. The van der Waals surface area contributed by atoms with Crippen LogP contribution in [0.3, 0.4) is 0 Å². The van der Waals surface area contributed by atoms with Gasteiger partial charge in [0.05, 0.1) is 11.0 Å². The predicted octanol–water partition coefficient (Wildman–Crippen LogP) is 3.12. The number of fused-ring (bicyclic) bond motifs is 4. The van der Waals surface area contributed by atoms with E-state index in [1.54, 1.807) is 0 Å². The Kier molecular flexibility index (Phi) is 4.85. The van der Waals surface area contributed by atoms with Crippen molar-refractivity contribution < 1.29 is 19.1 Å². The fraction of sp³-hybridized carbons (Fsp3) is 0.583. The Morgan fingerprint density at radius 1 is 1.23 bits per heavy atom. The minimum atomic E-state index is -0.597. The van der Waals surface area contributed by atoms with E-state index in [0.29, 0.717) is 30.8 Å². The number of hydrogen-bond donors (Lipinski definition) is 1. The summed E-state index contributed by atoms with van der Waals surface area (Å²) in [7, 11) is 0. The van der Waals surface area contributed by atoms with Gasteiger partial charge in [-0.1, -0.05) is 12.8 Å². The van der Waals surface area contributed by atoms with Crippen LogP contribution in [0.15, 0.2) is 21.3 Å². The van der Waals surface area contributed by atoms with Crippen LogP contribution in [-0.4, -0.2) is 41.2 Å². The van der Waals surface area contributed by atoms with Crippen LogP contribution in [0.25, 0.3) is 11.0 Å². The quantitative estimate of drug-likeness (QED) is 0.785. The van der Waals surface area contributed by atoms with Crippen molar-refractivity contribution >= 4 is 16.9 Å². The zero-order valence-corrected chi connectivity index (χ0v) is 17.5. The Morgan fingerprint density at radius 3 is 2.93 bits per heavy atom. The summed E-state index contributed by atoms with van der Waals surface area (Å²) < 4.78 is 11.6. The fourth-order valence-corrected chi connectivity index (χ4v) is 5.65. The molecule has 2 fully saturated rings. The van der Waals surface area contributed by atoms with Gasteiger partial charge in [-0.25, -0.2) is 4.79 Å². The average molecular weight is 411 g/mol. The number of nitrogens with zero attached hydrogens (tertiary/aromatic N) is 1. The number of aliphatic hydroxyl groups is 1. The molecule has 2 aliphatic carbocycles. The molecule has 30 heavy (non-hydrogen) atoms. The van der Waals surface area contributed by atoms with Crippen LogP contribution in [0.5, 0.6) is 5.75 Å². The van der Waals surface area contributed by atoms with Gasteiger partial charge >= 0.3 is 5.63 Å². The second kappa shape index (κ2) is 7.41. The van der Waals surface area contributed by atoms with Gasteiger partial charge in [0.15, 0.2) is 6.61 Å². The highest BCUT2D eigenvalue weighted by atomic mass is 16.5. The number of carbonyl (C=O) groups excluding carboxylic acids is 1. The van der Waals surface area contributed by atoms with Crippen LogP contribution < -0.4 is 10.4 Å². The van der Waals surface area contributed by atoms with Crippen molar-refractivity contribution in [3.8, 4) is 5.75 Å². The highest BCUT2D eigenvalue weighted by Crippen LogP contribution is 2.40. The third-order valence-electron chi connectivity index (χ3n) is 7.31. The van der Waals surface area contributed by atoms with Gasteiger partial charge in [-0.3, -0.25) is 4.79 Å². The van der Waals surface area contributed by atoms with Crippen molar-refractivity contribution in [3.63, 3.8) is 0 Å². The Hall–Kier alpha value is -2.34. The van der Waals surface area contributed by atoms with E-state index in [-0.39, 0.29) is 24.1 Å². The lowest BCUT2D eigenvalue weighted by Gasteiger charge is -2.47. The molecular formula is C24H29NO5. The van der Waals surface area contributed by atoms with Gasteiger partial charge in [0.1, 0.15) is 11.3 Å². The van der Waals surface area contributed by atoms with Gasteiger partial charge in [-0.2, -0.15) is 0 Å². The van der Waals surface area contributed by atoms with E-state index in [9.17, 15) is 14.7 Å². The van der Waals surface area contributed by atoms with Gasteiger partial charge in [0, 0.05) is 24.6 Å². The molecule has 1 saturated carbocycles. The Balaban J connectivity index is 1.36. The molecule has 1 aromatic heterocycles. The number of hydrogen-bond acceptors (Lipinski definition) is 5. The SMILES string of the molecule is Cc1cc(OCC(=O)N2CCC3(O)CCCCC3C2)c2c3c(c(=O)oc2c1)CCC3. The number of aryl methyl sites for hydroxylation is 2. The van der Waals surface area contributed by atoms with Crippen LogP contribution in [-0.2, 0) is 17.6 Å². The molecule has 5 rings (SSSR count). The molecule has 2 heterocycles. The summed E-state index contributed by atoms with van der Waals surface area (Å²) in [5, 5.41) is 11.7. The summed E-state index contributed by atoms with van der Waals surface area (Å²) in [5.74, 6) is 0.735. The normalized spacial score (nSPS) is 25.8. The first kappa shape index (κ1) is 19.6. The van der Waals surface area contributed by atoms with Gasteiger partial charge in [0.2, 0.25) is 0 Å². The molecule has 1 saturated heterocycles. The first-order valence-electron chi connectivity index (χ1n) is 11.2. The molecule has 3 aliphatic rings. The number of piperidine rings is 1. The molecule has 0 spiro atoms. The molecule has 1 aromatic carbocycles. The van der Waals surface area contributed by atoms with Crippen molar-refractivity contribution in [2.24, 2.45) is 5.92 Å². The maximum absolute atomic E-state index is 12.9. The molecule has 0 radical (unpaired) electrons. The van der Waals surface area contributed by atoms with Gasteiger partial charge < -0.3 is 19.2 Å². The van der Waals surface area contributed by atoms with Crippen molar-refractivity contribution in [2.75, 3.05) is 19.7 Å². The first-order valence-corrected chi connectivity index (χ1v) is 11.2. The van der Waals surface area contributed by atoms with Crippen molar-refractivity contribution in [2.45, 2.75) is 63.9 Å². The summed E-state index contributed by atoms with van der Waals surface area (Å²) in [5.41, 5.74) is 2.37. The number of ether oxygens (including phenoxy) is 1. The molecule has 1 N–H and O–H groups in total. The maximum Gasteiger partial charge on any atom is 0.339 e. The minimum Gasteiger partial charge on any atom is -0.483 e. The number of carbonyl (C=O) groups is 1. The molecular weight excluding hydrogens is 382 g/mol. The largest absolute Gasteiger partial charge is 0.483 e. The molecule has 0 bridgehead atoms. The standard InChI is InChI=1S/C24H29NO5/c1-15-11-19(22-17-6-4-7-18(17)23(27)30-20(22)12-15)29-14-21(26)25-10-9-24(28)8-3-2-5-16(24)13-25/h11-12,16,28H,2-10,13-14H2,1H3. The van der Waals surface area contributed by atoms with E-state index < -0.39 is 5.60 Å². The third-order valence-corrected chi connectivity index (χ3v) is 7.31. The zero-order chi connectivity index (χ0) is 20.9. The number of likely N-dealkylation sites (tertiary alicyclic amines) is 1. The predicted molar refractivity (Wildman–Crippen MR) is 113 cm³/mol. The number of amides is 1. The van der Waals surface area contributed by atoms with Crippen LogP contribution in [0.2, 0.25) is 0 Å². The van der Waals surface area contributed by atoms with E-state index in [1.165, 1.54) is 0 Å². The molecule has 6 heteroatoms. The van der Waals surface area contributed by atoms with E-state index in [0.717, 1.165) is 67.0 Å². The second-order valence-electron chi connectivity index (χ2n) is 9.26. The molecule has 2 atom stereocenters. The van der Waals surface area contributed by atoms with E-state index in [4.69, 9.17) is 9.15 Å². The number of rotatable bonds is 3. The summed E-state index contributed by atoms with van der Waals surface area (Å²) in [6.45, 7) is 3.07. The highest BCUT2D eigenvalue weighted by molar-refractivity contribution is 5.89. The summed E-state index contributed by atoms with van der Waals surface area (Å²) in [6.07, 6.45) is 7.17. The van der Waals surface area contributed by atoms with Crippen LogP contribution in [0, 0.1) is 12.8 Å². The molecule has 2 aromatic rings. The minimum absolute atomic E-state index is 0.0440. The highest BCUT2D eigenvalue weighted by Gasteiger charge is 2.43. The molecule has 1 aliphatic heterocycles. The monoisotopic (exact) mass is 411 g/mol. The molecule has 6 nitrogen and oxygen atoms in total. The van der Waals surface area contributed by atoms with E-state index in [2.05, 4.69) is 0 Å². The zero-order valence-electron chi connectivity index (χ0n) is 17.5. The lowest BCUT2D eigenvalue weighted by atomic mass is 9.71. The van der Waals surface area contributed by atoms with Gasteiger partial charge in [0.25, 0.3) is 5.91 Å². The molecule has 1 amide bonds. The lowest BCUT2D eigenvalue weighted by Crippen LogP contribution is -2.55. The summed E-state index contributed by atoms with van der Waals surface area (Å²) >= 11 is 0. The second-order valence-corrected chi connectivity index (χ2v) is 9.26. The van der Waals surface area contributed by atoms with Crippen LogP contribution >= 0.6 is 0 Å². The Bertz CT molecular complexity index is 1060. The first-order chi connectivity index (χ1) is 14.4. The lowest BCUT2D eigenvalue weighted by molar-refractivity contribution is -0.145. The third kappa shape index (κ3) is 3.31.